The van der Waals surface area contributed by atoms with Gasteiger partial charge in [-0.15, -0.1) is 16.1 Å². The summed E-state index contributed by atoms with van der Waals surface area (Å²) in [6.45, 7) is 1.52. The molecule has 0 amide bonds. The lowest BCUT2D eigenvalue weighted by Crippen LogP contribution is -2.14. The largest absolute Gasteiger partial charge is 0.415 e. The molecule has 1 N–H and O–H groups in total. The molecule has 0 fully saturated rings. The smallest absolute Gasteiger partial charge is 0.314 e. The topological polar surface area (TPSA) is 76.7 Å². The number of hydrogen-bond donors (Lipinski definition) is 1. The van der Waals surface area contributed by atoms with Crippen LogP contribution in [0.5, 0.6) is 0 Å². The highest BCUT2D eigenvalue weighted by Crippen LogP contribution is 2.25. The lowest BCUT2D eigenvalue weighted by Gasteiger charge is -2.15. The van der Waals surface area contributed by atoms with Crippen molar-refractivity contribution in [3.05, 3.63) is 53.7 Å². The van der Waals surface area contributed by atoms with Gasteiger partial charge in [-0.3, -0.25) is 0 Å². The molecule has 10 heteroatoms. The maximum absolute atomic E-state index is 14.0. The molecule has 1 unspecified atom stereocenters. The van der Waals surface area contributed by atoms with Crippen LogP contribution in [0.1, 0.15) is 30.8 Å². The Balaban J connectivity index is 1.84. The minimum atomic E-state index is -2.89. The number of hydrogen-bond acceptors (Lipinski definition) is 6. The Morgan fingerprint density at radius 2 is 1.74 bits per heavy atom. The van der Waals surface area contributed by atoms with Crippen LogP contribution < -0.4 is 5.32 Å². The zero-order chi connectivity index (χ0) is 19.4. The summed E-state index contributed by atoms with van der Waals surface area (Å²) in [6, 6.07) is 2.44. The predicted molar refractivity (Wildman–Crippen MR) is 86.5 cm³/mol. The maximum Gasteiger partial charge on any atom is 0.314 e. The van der Waals surface area contributed by atoms with Gasteiger partial charge in [-0.2, -0.15) is 8.78 Å². The van der Waals surface area contributed by atoms with Crippen molar-refractivity contribution in [1.82, 2.24) is 20.2 Å². The summed E-state index contributed by atoms with van der Waals surface area (Å²) in [5.74, 6) is 2.72. The van der Waals surface area contributed by atoms with Gasteiger partial charge in [0.1, 0.15) is 17.7 Å². The number of benzene rings is 1. The van der Waals surface area contributed by atoms with Gasteiger partial charge in [0, 0.05) is 12.4 Å². The normalized spacial score (nSPS) is 11.8. The van der Waals surface area contributed by atoms with E-state index in [1.807, 2.05) is 0 Å². The van der Waals surface area contributed by atoms with Crippen LogP contribution in [0.15, 0.2) is 35.0 Å². The first-order chi connectivity index (χ1) is 13.0. The number of nitrogens with one attached hydrogen (secondary N) is 1. The molecule has 1 aromatic carbocycles. The van der Waals surface area contributed by atoms with Gasteiger partial charge in [0.05, 0.1) is 11.1 Å². The Labute approximate surface area is 150 Å². The Kier molecular flexibility index (Phi) is 5.30. The number of anilines is 1. The summed E-state index contributed by atoms with van der Waals surface area (Å²) < 4.78 is 57.8. The van der Waals surface area contributed by atoms with Gasteiger partial charge < -0.3 is 9.73 Å². The Morgan fingerprint density at radius 1 is 1.07 bits per heavy atom. The third-order valence-electron chi connectivity index (χ3n) is 3.38. The minimum absolute atomic E-state index is 0.0164. The summed E-state index contributed by atoms with van der Waals surface area (Å²) in [5.41, 5.74) is -0.0619. The standard InChI is InChI=1S/C17H11F4N5O/c1-2-4-12(13-10(18)5-3-6-11(13)19)24-17-22-7-9(8-23-17)15-25-26-16(27-15)14(20)21/h3,5-8,12,14H,1H3,(H,22,23,24). The molecule has 0 aliphatic heterocycles. The summed E-state index contributed by atoms with van der Waals surface area (Å²) in [5, 5.41) is 9.40. The fraction of sp³-hybridized carbons (Fsp3) is 0.176. The van der Waals surface area contributed by atoms with Crippen molar-refractivity contribution in [2.24, 2.45) is 0 Å². The Morgan fingerprint density at radius 3 is 2.30 bits per heavy atom. The number of alkyl halides is 2. The van der Waals surface area contributed by atoms with E-state index in [1.165, 1.54) is 25.4 Å². The highest BCUT2D eigenvalue weighted by Gasteiger charge is 2.20. The molecule has 2 aromatic heterocycles. The minimum Gasteiger partial charge on any atom is -0.415 e. The second kappa shape index (κ2) is 7.82. The van der Waals surface area contributed by atoms with Crippen LogP contribution >= 0.6 is 0 Å². The monoisotopic (exact) mass is 377 g/mol. The van der Waals surface area contributed by atoms with E-state index in [0.717, 1.165) is 12.1 Å². The third-order valence-corrected chi connectivity index (χ3v) is 3.38. The molecule has 0 aliphatic carbocycles. The van der Waals surface area contributed by atoms with Crippen LogP contribution in [0, 0.1) is 23.5 Å². The first-order valence-electron chi connectivity index (χ1n) is 7.56. The first kappa shape index (κ1) is 18.3. The van der Waals surface area contributed by atoms with E-state index in [-0.39, 0.29) is 23.0 Å². The van der Waals surface area contributed by atoms with Gasteiger partial charge in [0.2, 0.25) is 5.95 Å². The van der Waals surface area contributed by atoms with E-state index in [4.69, 9.17) is 4.42 Å². The molecule has 3 aromatic rings. The van der Waals surface area contributed by atoms with E-state index < -0.39 is 30.0 Å². The fourth-order valence-corrected chi connectivity index (χ4v) is 2.19. The number of nitrogens with zero attached hydrogens (tertiary/aromatic N) is 4. The molecule has 0 saturated carbocycles. The zero-order valence-electron chi connectivity index (χ0n) is 13.8. The quantitative estimate of drug-likeness (QED) is 0.537. The molecule has 0 spiro atoms. The van der Waals surface area contributed by atoms with E-state index in [0.29, 0.717) is 0 Å². The van der Waals surface area contributed by atoms with Gasteiger partial charge in [-0.05, 0) is 19.1 Å². The Bertz CT molecular complexity index is 974. The highest BCUT2D eigenvalue weighted by atomic mass is 19.3. The fourth-order valence-electron chi connectivity index (χ4n) is 2.19. The van der Waals surface area contributed by atoms with Crippen molar-refractivity contribution in [3.63, 3.8) is 0 Å². The molecule has 1 atom stereocenters. The van der Waals surface area contributed by atoms with E-state index >= 15 is 0 Å². The van der Waals surface area contributed by atoms with Crippen molar-refractivity contribution in [2.45, 2.75) is 19.4 Å². The lowest BCUT2D eigenvalue weighted by atomic mass is 10.1. The third kappa shape index (κ3) is 4.03. The number of aromatic nitrogens is 4. The number of rotatable bonds is 5. The molecule has 0 bridgehead atoms. The average Bonchev–Trinajstić information content (AvgIpc) is 3.13. The summed E-state index contributed by atoms with van der Waals surface area (Å²) in [6.07, 6.45) is -0.407. The van der Waals surface area contributed by atoms with Gasteiger partial charge in [0.25, 0.3) is 11.8 Å². The van der Waals surface area contributed by atoms with Crippen molar-refractivity contribution in [2.75, 3.05) is 5.32 Å². The predicted octanol–water partition coefficient (Wildman–Crippen LogP) is 3.92. The van der Waals surface area contributed by atoms with E-state index in [1.54, 1.807) is 0 Å². The van der Waals surface area contributed by atoms with Crippen LogP contribution in [-0.4, -0.2) is 20.2 Å². The van der Waals surface area contributed by atoms with Crippen molar-refractivity contribution < 1.29 is 22.0 Å². The molecule has 27 heavy (non-hydrogen) atoms. The number of halogens is 4. The molecule has 0 radical (unpaired) electrons. The van der Waals surface area contributed by atoms with Gasteiger partial charge >= 0.3 is 6.43 Å². The van der Waals surface area contributed by atoms with Crippen LogP contribution in [-0.2, 0) is 0 Å². The molecular weight excluding hydrogens is 366 g/mol. The molecule has 138 valence electrons. The second-order valence-electron chi connectivity index (χ2n) is 5.15. The van der Waals surface area contributed by atoms with Crippen molar-refractivity contribution >= 4 is 5.95 Å². The van der Waals surface area contributed by atoms with Crippen LogP contribution in [0.3, 0.4) is 0 Å². The second-order valence-corrected chi connectivity index (χ2v) is 5.15. The van der Waals surface area contributed by atoms with E-state index in [2.05, 4.69) is 37.3 Å². The van der Waals surface area contributed by atoms with Gasteiger partial charge in [0.15, 0.2) is 0 Å². The SMILES string of the molecule is CC#CC(Nc1ncc(-c2nnc(C(F)F)o2)cn1)c1c(F)cccc1F. The summed E-state index contributed by atoms with van der Waals surface area (Å²) in [7, 11) is 0. The highest BCUT2D eigenvalue weighted by molar-refractivity contribution is 5.51. The molecule has 0 saturated heterocycles. The van der Waals surface area contributed by atoms with Crippen molar-refractivity contribution in [3.8, 4) is 23.3 Å². The van der Waals surface area contributed by atoms with E-state index in [9.17, 15) is 17.6 Å². The molecule has 0 aliphatic rings. The Hall–Kier alpha value is -3.48. The summed E-state index contributed by atoms with van der Waals surface area (Å²) >= 11 is 0. The van der Waals surface area contributed by atoms with Crippen molar-refractivity contribution in [1.29, 1.82) is 0 Å². The van der Waals surface area contributed by atoms with Gasteiger partial charge in [-0.1, -0.05) is 12.0 Å². The lowest BCUT2D eigenvalue weighted by molar-refractivity contribution is 0.116. The molecule has 3 rings (SSSR count). The summed E-state index contributed by atoms with van der Waals surface area (Å²) in [4.78, 5) is 7.93. The van der Waals surface area contributed by atoms with Gasteiger partial charge in [-0.25, -0.2) is 18.7 Å². The zero-order valence-corrected chi connectivity index (χ0v) is 13.8. The first-order valence-corrected chi connectivity index (χ1v) is 7.56. The average molecular weight is 377 g/mol. The molecule has 2 heterocycles. The maximum atomic E-state index is 14.0. The molecular formula is C17H11F4N5O. The van der Waals surface area contributed by atoms with Crippen LogP contribution in [0.2, 0.25) is 0 Å². The van der Waals surface area contributed by atoms with Crippen LogP contribution in [0.4, 0.5) is 23.5 Å². The molecule has 6 nitrogen and oxygen atoms in total. The van der Waals surface area contributed by atoms with Crippen LogP contribution in [0.25, 0.3) is 11.5 Å².